The Bertz CT molecular complexity index is 441. The number of halogens is 4. The van der Waals surface area contributed by atoms with Crippen molar-refractivity contribution in [3.8, 4) is 0 Å². The summed E-state index contributed by atoms with van der Waals surface area (Å²) >= 11 is 0. The van der Waals surface area contributed by atoms with E-state index in [1.807, 2.05) is 0 Å². The van der Waals surface area contributed by atoms with E-state index in [-0.39, 0.29) is 11.8 Å². The standard InChI is InChI=1S/C24H38F4/c25-21-17(15-7-3-1-4-8-15)11-13-19(23(21)27)20-14-12-18(22(26)24(20)28)16-9-5-2-6-10-16/h15-24H,1-14H2. The Morgan fingerprint density at radius 2 is 0.607 bits per heavy atom. The SMILES string of the molecule is FC1C(F)C(C2CCC(C3CCCCC3)C(F)C2F)CCC1C1CCCCC1. The third-order valence-electron chi connectivity index (χ3n) is 8.97. The lowest BCUT2D eigenvalue weighted by Gasteiger charge is -2.47. The molecule has 0 bridgehead atoms. The van der Waals surface area contributed by atoms with Gasteiger partial charge in [0.25, 0.3) is 0 Å². The average Bonchev–Trinajstić information content (AvgIpc) is 2.74. The highest BCUT2D eigenvalue weighted by molar-refractivity contribution is 5.00. The Labute approximate surface area is 168 Å². The first-order valence-electron chi connectivity index (χ1n) is 12.1. The Morgan fingerprint density at radius 1 is 0.321 bits per heavy atom. The summed E-state index contributed by atoms with van der Waals surface area (Å²) in [7, 11) is 0. The fraction of sp³-hybridized carbons (Fsp3) is 1.00. The quantitative estimate of drug-likeness (QED) is 0.427. The van der Waals surface area contributed by atoms with E-state index in [1.165, 1.54) is 12.8 Å². The van der Waals surface area contributed by atoms with Gasteiger partial charge < -0.3 is 0 Å². The molecular formula is C24H38F4. The highest BCUT2D eigenvalue weighted by atomic mass is 19.2. The second-order valence-corrected chi connectivity index (χ2v) is 10.4. The highest BCUT2D eigenvalue weighted by Crippen LogP contribution is 2.50. The maximum Gasteiger partial charge on any atom is 0.135 e. The molecule has 4 fully saturated rings. The van der Waals surface area contributed by atoms with Crippen molar-refractivity contribution >= 4 is 0 Å². The molecule has 162 valence electrons. The Balaban J connectivity index is 1.37. The van der Waals surface area contributed by atoms with E-state index in [1.54, 1.807) is 0 Å². The van der Waals surface area contributed by atoms with Crippen molar-refractivity contribution in [2.45, 2.75) is 115 Å². The summed E-state index contributed by atoms with van der Waals surface area (Å²) in [5, 5.41) is 0. The lowest BCUT2D eigenvalue weighted by Crippen LogP contribution is -2.50. The van der Waals surface area contributed by atoms with Crippen molar-refractivity contribution in [1.29, 1.82) is 0 Å². The molecule has 4 rings (SSSR count). The molecule has 0 aromatic rings. The van der Waals surface area contributed by atoms with Gasteiger partial charge in [-0.15, -0.1) is 0 Å². The van der Waals surface area contributed by atoms with Crippen LogP contribution in [0.1, 0.15) is 89.9 Å². The van der Waals surface area contributed by atoms with Crippen LogP contribution in [0.2, 0.25) is 0 Å². The first kappa shape index (κ1) is 21.0. The van der Waals surface area contributed by atoms with Crippen molar-refractivity contribution in [2.24, 2.45) is 35.5 Å². The minimum absolute atomic E-state index is 0.204. The maximum atomic E-state index is 15.1. The summed E-state index contributed by atoms with van der Waals surface area (Å²) in [6.07, 6.45) is 7.12. The van der Waals surface area contributed by atoms with Crippen LogP contribution in [0.25, 0.3) is 0 Å². The van der Waals surface area contributed by atoms with Gasteiger partial charge in [0.15, 0.2) is 0 Å². The molecule has 0 aromatic heterocycles. The molecule has 4 heteroatoms. The van der Waals surface area contributed by atoms with Gasteiger partial charge in [-0.1, -0.05) is 64.2 Å². The van der Waals surface area contributed by atoms with Gasteiger partial charge in [0.1, 0.15) is 24.7 Å². The normalized spacial score (nSPS) is 47.1. The minimum atomic E-state index is -1.61. The van der Waals surface area contributed by atoms with Crippen molar-refractivity contribution < 1.29 is 17.6 Å². The third kappa shape index (κ3) is 4.13. The highest BCUT2D eigenvalue weighted by Gasteiger charge is 2.52. The van der Waals surface area contributed by atoms with Crippen LogP contribution in [0.4, 0.5) is 17.6 Å². The molecule has 0 nitrogen and oxygen atoms in total. The predicted octanol–water partition coefficient (Wildman–Crippen LogP) is 7.55. The van der Waals surface area contributed by atoms with E-state index in [4.69, 9.17) is 0 Å². The number of alkyl halides is 4. The van der Waals surface area contributed by atoms with Gasteiger partial charge >= 0.3 is 0 Å². The van der Waals surface area contributed by atoms with E-state index in [0.717, 1.165) is 51.4 Å². The first-order valence-corrected chi connectivity index (χ1v) is 12.1. The predicted molar refractivity (Wildman–Crippen MR) is 105 cm³/mol. The number of rotatable bonds is 3. The molecule has 0 aliphatic heterocycles. The molecule has 8 unspecified atom stereocenters. The zero-order valence-electron chi connectivity index (χ0n) is 17.2. The van der Waals surface area contributed by atoms with E-state index in [2.05, 4.69) is 0 Å². The van der Waals surface area contributed by atoms with Crippen LogP contribution in [0.15, 0.2) is 0 Å². The third-order valence-corrected chi connectivity index (χ3v) is 8.97. The lowest BCUT2D eigenvalue weighted by atomic mass is 9.61. The molecule has 0 aromatic carbocycles. The summed E-state index contributed by atoms with van der Waals surface area (Å²) in [5.74, 6) is -1.08. The lowest BCUT2D eigenvalue weighted by molar-refractivity contribution is -0.0803. The molecule has 0 radical (unpaired) electrons. The summed E-state index contributed by atoms with van der Waals surface area (Å²) in [6, 6.07) is 0. The molecule has 0 amide bonds. The molecule has 0 N–H and O–H groups in total. The Kier molecular flexibility index (Phi) is 6.93. The van der Waals surface area contributed by atoms with Gasteiger partial charge in [-0.25, -0.2) is 17.6 Å². The second kappa shape index (κ2) is 9.25. The van der Waals surface area contributed by atoms with Crippen molar-refractivity contribution in [2.75, 3.05) is 0 Å². The first-order chi connectivity index (χ1) is 13.6. The van der Waals surface area contributed by atoms with Gasteiger partial charge in [-0.3, -0.25) is 0 Å². The second-order valence-electron chi connectivity index (χ2n) is 10.4. The minimum Gasteiger partial charge on any atom is -0.244 e. The maximum absolute atomic E-state index is 15.1. The molecule has 28 heavy (non-hydrogen) atoms. The molecule has 0 saturated heterocycles. The summed E-state index contributed by atoms with van der Waals surface area (Å²) in [6.45, 7) is 0. The van der Waals surface area contributed by atoms with E-state index in [9.17, 15) is 0 Å². The van der Waals surface area contributed by atoms with Gasteiger partial charge in [0.05, 0.1) is 0 Å². The zero-order valence-corrected chi connectivity index (χ0v) is 17.2. The van der Waals surface area contributed by atoms with Crippen LogP contribution in [0.5, 0.6) is 0 Å². The van der Waals surface area contributed by atoms with Gasteiger partial charge in [-0.2, -0.15) is 0 Å². The van der Waals surface area contributed by atoms with Gasteiger partial charge in [0.2, 0.25) is 0 Å². The van der Waals surface area contributed by atoms with Crippen molar-refractivity contribution in [1.82, 2.24) is 0 Å². The number of hydrogen-bond acceptors (Lipinski definition) is 0. The fourth-order valence-corrected chi connectivity index (χ4v) is 7.37. The zero-order chi connectivity index (χ0) is 19.7. The molecule has 0 spiro atoms. The smallest absolute Gasteiger partial charge is 0.135 e. The number of hydrogen-bond donors (Lipinski definition) is 0. The molecule has 4 saturated carbocycles. The fourth-order valence-electron chi connectivity index (χ4n) is 7.37. The van der Waals surface area contributed by atoms with Crippen LogP contribution < -0.4 is 0 Å². The van der Waals surface area contributed by atoms with Crippen LogP contribution in [0.3, 0.4) is 0 Å². The largest absolute Gasteiger partial charge is 0.244 e. The summed E-state index contributed by atoms with van der Waals surface area (Å²) < 4.78 is 60.3. The van der Waals surface area contributed by atoms with Crippen LogP contribution >= 0.6 is 0 Å². The molecule has 8 atom stereocenters. The molecular weight excluding hydrogens is 364 g/mol. The van der Waals surface area contributed by atoms with E-state index >= 15 is 17.6 Å². The molecule has 0 heterocycles. The molecule has 4 aliphatic rings. The van der Waals surface area contributed by atoms with Gasteiger partial charge in [-0.05, 0) is 61.2 Å². The van der Waals surface area contributed by atoms with Crippen molar-refractivity contribution in [3.05, 3.63) is 0 Å². The Morgan fingerprint density at radius 3 is 0.964 bits per heavy atom. The topological polar surface area (TPSA) is 0 Å². The van der Waals surface area contributed by atoms with Crippen molar-refractivity contribution in [3.63, 3.8) is 0 Å². The van der Waals surface area contributed by atoms with Crippen LogP contribution in [-0.4, -0.2) is 24.7 Å². The monoisotopic (exact) mass is 402 g/mol. The Hall–Kier alpha value is -0.280. The molecule has 4 aliphatic carbocycles. The van der Waals surface area contributed by atoms with Crippen LogP contribution in [-0.2, 0) is 0 Å². The van der Waals surface area contributed by atoms with E-state index < -0.39 is 36.5 Å². The summed E-state index contributed by atoms with van der Waals surface area (Å²) in [4.78, 5) is 0. The average molecular weight is 403 g/mol. The van der Waals surface area contributed by atoms with E-state index in [0.29, 0.717) is 37.5 Å². The van der Waals surface area contributed by atoms with Gasteiger partial charge in [0, 0.05) is 0 Å². The van der Waals surface area contributed by atoms with Crippen LogP contribution in [0, 0.1) is 35.5 Å². The summed E-state index contributed by atoms with van der Waals surface area (Å²) in [5.41, 5.74) is 0.